The molecule has 4 aromatic rings. The van der Waals surface area contributed by atoms with Gasteiger partial charge in [-0.3, -0.25) is 9.69 Å². The number of rotatable bonds is 12. The van der Waals surface area contributed by atoms with Gasteiger partial charge >= 0.3 is 5.97 Å². The molecule has 6 rings (SSSR count). The number of aliphatic carboxylic acids is 1. The van der Waals surface area contributed by atoms with Crippen molar-refractivity contribution in [3.63, 3.8) is 0 Å². The molecule has 1 saturated carbocycles. The fraction of sp³-hybridized carbons (Fsp3) is 0.394. The van der Waals surface area contributed by atoms with Crippen LogP contribution in [0.4, 0.5) is 4.39 Å². The molecule has 0 atom stereocenters. The van der Waals surface area contributed by atoms with E-state index in [-0.39, 0.29) is 30.3 Å². The number of imidazole rings is 1. The molecule has 1 aliphatic heterocycles. The number of likely N-dealkylation sites (tertiary alicyclic amines) is 1. The van der Waals surface area contributed by atoms with Gasteiger partial charge in [-0.1, -0.05) is 23.7 Å². The Hall–Kier alpha value is -4.20. The van der Waals surface area contributed by atoms with Crippen LogP contribution in [0.25, 0.3) is 11.2 Å². The quantitative estimate of drug-likeness (QED) is 0.201. The summed E-state index contributed by atoms with van der Waals surface area (Å²) in [6.45, 7) is 3.15. The standard InChI is InChI=1S/C33H33ClFN5O4/c34-23-4-7-29(27(35)17-23)43-20-22-2-1-3-26(16-22)44-25-8-14-39(15-9-25)19-30-38-28-6-5-24(18-31(41)42)37-32(28)40(30)21-33(10-11-33)12-13-36/h1-7,16-17,25H,8-12,14-15,18-21H2,(H,41,42). The molecule has 44 heavy (non-hydrogen) atoms. The Morgan fingerprint density at radius 2 is 1.95 bits per heavy atom. The second-order valence-electron chi connectivity index (χ2n) is 11.8. The van der Waals surface area contributed by atoms with Crippen LogP contribution >= 0.6 is 11.6 Å². The van der Waals surface area contributed by atoms with Gasteiger partial charge in [-0.2, -0.15) is 5.26 Å². The van der Waals surface area contributed by atoms with Crippen molar-refractivity contribution in [2.45, 2.75) is 64.3 Å². The number of fused-ring (bicyclic) bond motifs is 1. The van der Waals surface area contributed by atoms with E-state index < -0.39 is 11.8 Å². The molecule has 2 aromatic carbocycles. The van der Waals surface area contributed by atoms with Crippen molar-refractivity contribution < 1.29 is 23.8 Å². The van der Waals surface area contributed by atoms with E-state index in [0.717, 1.165) is 61.4 Å². The number of pyridine rings is 1. The second-order valence-corrected chi connectivity index (χ2v) is 12.2. The molecular formula is C33H33ClFN5O4. The van der Waals surface area contributed by atoms with Crippen LogP contribution in [0, 0.1) is 22.6 Å². The van der Waals surface area contributed by atoms with Crippen LogP contribution in [0.15, 0.2) is 54.6 Å². The Labute approximate surface area is 259 Å². The fourth-order valence-electron chi connectivity index (χ4n) is 5.74. The summed E-state index contributed by atoms with van der Waals surface area (Å²) < 4.78 is 28.1. The van der Waals surface area contributed by atoms with E-state index in [9.17, 15) is 19.6 Å². The molecule has 3 heterocycles. The summed E-state index contributed by atoms with van der Waals surface area (Å²) in [6.07, 6.45) is 4.05. The molecule has 1 aliphatic carbocycles. The van der Waals surface area contributed by atoms with Crippen LogP contribution in [0.2, 0.25) is 5.02 Å². The third kappa shape index (κ3) is 7.12. The fourth-order valence-corrected chi connectivity index (χ4v) is 5.90. The third-order valence-electron chi connectivity index (χ3n) is 8.36. The average molecular weight is 618 g/mol. The highest BCUT2D eigenvalue weighted by Crippen LogP contribution is 2.50. The van der Waals surface area contributed by atoms with Crippen LogP contribution < -0.4 is 9.47 Å². The minimum atomic E-state index is -0.926. The van der Waals surface area contributed by atoms with Crippen molar-refractivity contribution in [3.05, 3.63) is 82.5 Å². The molecule has 2 aliphatic rings. The number of aromatic nitrogens is 3. The largest absolute Gasteiger partial charge is 0.490 e. The number of carbonyl (C=O) groups is 1. The normalized spacial score (nSPS) is 16.5. The minimum Gasteiger partial charge on any atom is -0.490 e. The van der Waals surface area contributed by atoms with E-state index in [2.05, 4.69) is 20.5 Å². The maximum atomic E-state index is 14.1. The van der Waals surface area contributed by atoms with E-state index in [0.29, 0.717) is 35.9 Å². The van der Waals surface area contributed by atoms with Crippen molar-refractivity contribution >= 4 is 28.7 Å². The summed E-state index contributed by atoms with van der Waals surface area (Å²) in [6, 6.07) is 17.9. The van der Waals surface area contributed by atoms with Gasteiger partial charge in [-0.05, 0) is 73.7 Å². The number of piperidine rings is 1. The molecule has 2 aromatic heterocycles. The van der Waals surface area contributed by atoms with E-state index in [1.807, 2.05) is 30.3 Å². The molecule has 0 bridgehead atoms. The number of hydrogen-bond acceptors (Lipinski definition) is 7. The first-order valence-corrected chi connectivity index (χ1v) is 15.2. The van der Waals surface area contributed by atoms with Crippen LogP contribution in [0.5, 0.6) is 11.5 Å². The SMILES string of the molecule is N#CCC1(Cn2c(CN3CCC(Oc4cccc(COc5ccc(Cl)cc5F)c4)CC3)nc3ccc(CC(=O)O)nc32)CC1. The van der Waals surface area contributed by atoms with Gasteiger partial charge in [-0.15, -0.1) is 0 Å². The summed E-state index contributed by atoms with van der Waals surface area (Å²) in [4.78, 5) is 23.2. The zero-order chi connectivity index (χ0) is 30.7. The van der Waals surface area contributed by atoms with E-state index >= 15 is 0 Å². The zero-order valence-corrected chi connectivity index (χ0v) is 25.0. The molecular weight excluding hydrogens is 585 g/mol. The van der Waals surface area contributed by atoms with Crippen molar-refractivity contribution in [1.29, 1.82) is 5.26 Å². The molecule has 0 amide bonds. The van der Waals surface area contributed by atoms with E-state index in [1.54, 1.807) is 12.1 Å². The Morgan fingerprint density at radius 1 is 1.14 bits per heavy atom. The summed E-state index contributed by atoms with van der Waals surface area (Å²) in [5.41, 5.74) is 2.73. The summed E-state index contributed by atoms with van der Waals surface area (Å²) >= 11 is 5.83. The van der Waals surface area contributed by atoms with Crippen LogP contribution in [-0.2, 0) is 30.9 Å². The molecule has 0 spiro atoms. The Balaban J connectivity index is 1.09. The van der Waals surface area contributed by atoms with E-state index in [1.165, 1.54) is 12.1 Å². The number of hydrogen-bond donors (Lipinski definition) is 1. The lowest BCUT2D eigenvalue weighted by molar-refractivity contribution is -0.136. The summed E-state index contributed by atoms with van der Waals surface area (Å²) in [5, 5.41) is 19.0. The monoisotopic (exact) mass is 617 g/mol. The van der Waals surface area contributed by atoms with Gasteiger partial charge in [-0.25, -0.2) is 14.4 Å². The van der Waals surface area contributed by atoms with Gasteiger partial charge < -0.3 is 19.1 Å². The molecule has 9 nitrogen and oxygen atoms in total. The van der Waals surface area contributed by atoms with Crippen LogP contribution in [0.1, 0.15) is 49.2 Å². The first-order valence-electron chi connectivity index (χ1n) is 14.8. The number of nitrogens with zero attached hydrogens (tertiary/aromatic N) is 5. The molecule has 0 unspecified atom stereocenters. The average Bonchev–Trinajstić information content (AvgIpc) is 3.68. The number of carboxylic acid groups (broad SMARTS) is 1. The second kappa shape index (κ2) is 12.8. The molecule has 1 saturated heterocycles. The Morgan fingerprint density at radius 3 is 2.68 bits per heavy atom. The highest BCUT2D eigenvalue weighted by atomic mass is 35.5. The number of benzene rings is 2. The van der Waals surface area contributed by atoms with Gasteiger partial charge in [0.15, 0.2) is 17.2 Å². The van der Waals surface area contributed by atoms with Crippen molar-refractivity contribution in [2.24, 2.45) is 5.41 Å². The van der Waals surface area contributed by atoms with Gasteiger partial charge in [0.05, 0.1) is 24.7 Å². The predicted molar refractivity (Wildman–Crippen MR) is 162 cm³/mol. The number of halogens is 2. The molecule has 228 valence electrons. The highest BCUT2D eigenvalue weighted by Gasteiger charge is 2.43. The maximum absolute atomic E-state index is 14.1. The maximum Gasteiger partial charge on any atom is 0.309 e. The number of carboxylic acids is 1. The number of ether oxygens (including phenoxy) is 2. The molecule has 2 fully saturated rings. The molecule has 1 N–H and O–H groups in total. The highest BCUT2D eigenvalue weighted by molar-refractivity contribution is 6.30. The summed E-state index contributed by atoms with van der Waals surface area (Å²) in [5.74, 6) is 0.354. The zero-order valence-electron chi connectivity index (χ0n) is 24.2. The lowest BCUT2D eigenvalue weighted by atomic mass is 10.0. The van der Waals surface area contributed by atoms with Crippen LogP contribution in [0.3, 0.4) is 0 Å². The topological polar surface area (TPSA) is 114 Å². The van der Waals surface area contributed by atoms with Gasteiger partial charge in [0, 0.05) is 36.5 Å². The smallest absolute Gasteiger partial charge is 0.309 e. The Kier molecular flexibility index (Phi) is 8.69. The lowest BCUT2D eigenvalue weighted by Gasteiger charge is -2.32. The minimum absolute atomic E-state index is 0.0561. The van der Waals surface area contributed by atoms with Gasteiger partial charge in [0.25, 0.3) is 0 Å². The first kappa shape index (κ1) is 29.9. The van der Waals surface area contributed by atoms with Crippen LogP contribution in [-0.4, -0.2) is 49.7 Å². The third-order valence-corrected chi connectivity index (χ3v) is 8.59. The van der Waals surface area contributed by atoms with Crippen molar-refractivity contribution in [1.82, 2.24) is 19.4 Å². The molecule has 11 heteroatoms. The van der Waals surface area contributed by atoms with Gasteiger partial charge in [0.2, 0.25) is 0 Å². The van der Waals surface area contributed by atoms with Crippen molar-refractivity contribution in [2.75, 3.05) is 13.1 Å². The summed E-state index contributed by atoms with van der Waals surface area (Å²) in [7, 11) is 0. The first-order chi connectivity index (χ1) is 21.3. The predicted octanol–water partition coefficient (Wildman–Crippen LogP) is 6.17. The van der Waals surface area contributed by atoms with Gasteiger partial charge in [0.1, 0.15) is 29.8 Å². The molecule has 0 radical (unpaired) electrons. The lowest BCUT2D eigenvalue weighted by Crippen LogP contribution is -2.38. The Bertz CT molecular complexity index is 1710. The van der Waals surface area contributed by atoms with Crippen molar-refractivity contribution in [3.8, 4) is 17.6 Å². The van der Waals surface area contributed by atoms with E-state index in [4.69, 9.17) is 26.1 Å². The number of nitriles is 1.